The van der Waals surface area contributed by atoms with Gasteiger partial charge in [-0.05, 0) is 18.2 Å². The summed E-state index contributed by atoms with van der Waals surface area (Å²) in [6, 6.07) is 6.53. The average Bonchev–Trinajstić information content (AvgIpc) is 2.52. The lowest BCUT2D eigenvalue weighted by atomic mass is 10.2. The summed E-state index contributed by atoms with van der Waals surface area (Å²) in [4.78, 5) is 36.4. The van der Waals surface area contributed by atoms with E-state index >= 15 is 0 Å². The van der Waals surface area contributed by atoms with Crippen LogP contribution in [0.5, 0.6) is 0 Å². The van der Waals surface area contributed by atoms with Crippen LogP contribution in [-0.2, 0) is 14.3 Å². The molecule has 6 heteroatoms. The van der Waals surface area contributed by atoms with Crippen molar-refractivity contribution in [2.75, 3.05) is 25.1 Å². The molecule has 0 aliphatic carbocycles. The molecule has 1 N–H and O–H groups in total. The number of methoxy groups -OCH3 is 1. The number of esters is 1. The van der Waals surface area contributed by atoms with Gasteiger partial charge < -0.3 is 15.0 Å². The van der Waals surface area contributed by atoms with Crippen LogP contribution in [0.4, 0.5) is 5.69 Å². The second-order valence-electron chi connectivity index (χ2n) is 4.56. The fourth-order valence-electron chi connectivity index (χ4n) is 1.87. The Labute approximate surface area is 129 Å². The maximum Gasteiger partial charge on any atom is 0.337 e. The maximum atomic E-state index is 11.8. The Morgan fingerprint density at radius 3 is 2.68 bits per heavy atom. The first-order chi connectivity index (χ1) is 10.5. The van der Waals surface area contributed by atoms with Crippen molar-refractivity contribution >= 4 is 23.5 Å². The van der Waals surface area contributed by atoms with Gasteiger partial charge in [0.25, 0.3) is 0 Å². The van der Waals surface area contributed by atoms with Crippen molar-refractivity contribution < 1.29 is 19.1 Å². The van der Waals surface area contributed by atoms with Crippen molar-refractivity contribution in [3.05, 3.63) is 42.5 Å². The van der Waals surface area contributed by atoms with Crippen LogP contribution in [0.2, 0.25) is 0 Å². The Morgan fingerprint density at radius 1 is 1.36 bits per heavy atom. The second-order valence-corrected chi connectivity index (χ2v) is 4.56. The Morgan fingerprint density at radius 2 is 2.09 bits per heavy atom. The van der Waals surface area contributed by atoms with Gasteiger partial charge in [-0.25, -0.2) is 4.79 Å². The number of nitrogens with one attached hydrogen (secondary N) is 1. The average molecular weight is 304 g/mol. The Hall–Kier alpha value is -2.63. The van der Waals surface area contributed by atoms with Crippen molar-refractivity contribution in [1.29, 1.82) is 0 Å². The lowest BCUT2D eigenvalue weighted by molar-refractivity contribution is -0.120. The van der Waals surface area contributed by atoms with E-state index in [4.69, 9.17) is 0 Å². The van der Waals surface area contributed by atoms with Gasteiger partial charge in [0, 0.05) is 32.1 Å². The predicted molar refractivity (Wildman–Crippen MR) is 83.6 cm³/mol. The highest BCUT2D eigenvalue weighted by atomic mass is 16.5. The van der Waals surface area contributed by atoms with Crippen LogP contribution in [0.1, 0.15) is 23.7 Å². The highest BCUT2D eigenvalue weighted by molar-refractivity contribution is 5.95. The second kappa shape index (κ2) is 8.61. The van der Waals surface area contributed by atoms with Crippen LogP contribution in [0, 0.1) is 0 Å². The molecule has 0 radical (unpaired) electrons. The quantitative estimate of drug-likeness (QED) is 0.612. The van der Waals surface area contributed by atoms with E-state index in [9.17, 15) is 14.4 Å². The molecule has 22 heavy (non-hydrogen) atoms. The Balaban J connectivity index is 2.83. The molecule has 0 aliphatic heterocycles. The summed E-state index contributed by atoms with van der Waals surface area (Å²) in [5.74, 6) is -0.858. The molecule has 0 fully saturated rings. The van der Waals surface area contributed by atoms with E-state index in [0.717, 1.165) is 0 Å². The summed E-state index contributed by atoms with van der Waals surface area (Å²) >= 11 is 0. The summed E-state index contributed by atoms with van der Waals surface area (Å²) in [5.41, 5.74) is 0.897. The van der Waals surface area contributed by atoms with E-state index in [1.165, 1.54) is 18.9 Å². The van der Waals surface area contributed by atoms with Crippen LogP contribution < -0.4 is 10.2 Å². The number of amides is 2. The zero-order valence-electron chi connectivity index (χ0n) is 12.8. The molecule has 0 atom stereocenters. The van der Waals surface area contributed by atoms with E-state index in [0.29, 0.717) is 17.8 Å². The summed E-state index contributed by atoms with van der Waals surface area (Å²) in [6.45, 7) is 5.53. The van der Waals surface area contributed by atoms with Crippen molar-refractivity contribution in [2.45, 2.75) is 13.3 Å². The van der Waals surface area contributed by atoms with Crippen molar-refractivity contribution in [1.82, 2.24) is 5.32 Å². The first-order valence-electron chi connectivity index (χ1n) is 6.83. The standard InChI is InChI=1S/C16H20N2O4/c1-4-9-17-15(20)8-10-18(12(2)19)14-7-5-6-13(11-14)16(21)22-3/h4-7,11H,1,8-10H2,2-3H3,(H,17,20). The molecule has 0 unspecified atom stereocenters. The van der Waals surface area contributed by atoms with Crippen LogP contribution in [0.25, 0.3) is 0 Å². The Kier molecular flexibility index (Phi) is 6.82. The SMILES string of the molecule is C=CCNC(=O)CCN(C(C)=O)c1cccc(C(=O)OC)c1. The lowest BCUT2D eigenvalue weighted by Gasteiger charge is -2.21. The molecule has 0 saturated carbocycles. The number of carbonyl (C=O) groups is 3. The van der Waals surface area contributed by atoms with Gasteiger partial charge in [0.2, 0.25) is 11.8 Å². The number of nitrogens with zero attached hydrogens (tertiary/aromatic N) is 1. The third-order valence-electron chi connectivity index (χ3n) is 2.97. The third-order valence-corrected chi connectivity index (χ3v) is 2.97. The number of benzene rings is 1. The molecule has 0 spiro atoms. The highest BCUT2D eigenvalue weighted by Gasteiger charge is 2.15. The first-order valence-corrected chi connectivity index (χ1v) is 6.83. The van der Waals surface area contributed by atoms with E-state index in [1.54, 1.807) is 30.3 Å². The molecule has 1 rings (SSSR count). The molecule has 118 valence electrons. The molecule has 1 aromatic carbocycles. The number of carbonyl (C=O) groups excluding carboxylic acids is 3. The van der Waals surface area contributed by atoms with Crippen LogP contribution >= 0.6 is 0 Å². The van der Waals surface area contributed by atoms with Gasteiger partial charge in [0.1, 0.15) is 0 Å². The summed E-state index contributed by atoms with van der Waals surface area (Å²) in [5, 5.41) is 2.65. The van der Waals surface area contributed by atoms with Gasteiger partial charge in [0.15, 0.2) is 0 Å². The summed E-state index contributed by atoms with van der Waals surface area (Å²) in [7, 11) is 1.29. The van der Waals surface area contributed by atoms with Crippen LogP contribution in [0.3, 0.4) is 0 Å². The number of hydrogen-bond donors (Lipinski definition) is 1. The molecule has 0 heterocycles. The number of hydrogen-bond acceptors (Lipinski definition) is 4. The largest absolute Gasteiger partial charge is 0.465 e. The van der Waals surface area contributed by atoms with Crippen molar-refractivity contribution in [3.63, 3.8) is 0 Å². The predicted octanol–water partition coefficient (Wildman–Crippen LogP) is 1.52. The van der Waals surface area contributed by atoms with E-state index in [-0.39, 0.29) is 24.8 Å². The number of anilines is 1. The molecule has 0 bridgehead atoms. The smallest absolute Gasteiger partial charge is 0.337 e. The molecule has 0 aromatic heterocycles. The number of ether oxygens (including phenoxy) is 1. The molecular weight excluding hydrogens is 284 g/mol. The minimum Gasteiger partial charge on any atom is -0.465 e. The number of rotatable bonds is 7. The minimum atomic E-state index is -0.478. The van der Waals surface area contributed by atoms with Gasteiger partial charge >= 0.3 is 5.97 Å². The summed E-state index contributed by atoms with van der Waals surface area (Å²) in [6.07, 6.45) is 1.75. The zero-order chi connectivity index (χ0) is 16.5. The molecule has 2 amide bonds. The van der Waals surface area contributed by atoms with Crippen LogP contribution in [0.15, 0.2) is 36.9 Å². The molecule has 0 saturated heterocycles. The molecule has 1 aromatic rings. The normalized spacial score (nSPS) is 9.73. The zero-order valence-corrected chi connectivity index (χ0v) is 12.8. The third kappa shape index (κ3) is 5.05. The fraction of sp³-hybridized carbons (Fsp3) is 0.312. The monoisotopic (exact) mass is 304 g/mol. The van der Waals surface area contributed by atoms with Crippen molar-refractivity contribution in [2.24, 2.45) is 0 Å². The highest BCUT2D eigenvalue weighted by Crippen LogP contribution is 2.17. The van der Waals surface area contributed by atoms with Gasteiger partial charge in [-0.3, -0.25) is 9.59 Å². The van der Waals surface area contributed by atoms with E-state index < -0.39 is 5.97 Å². The van der Waals surface area contributed by atoms with Gasteiger partial charge in [0.05, 0.1) is 12.7 Å². The molecular formula is C16H20N2O4. The minimum absolute atomic E-state index is 0.163. The fourth-order valence-corrected chi connectivity index (χ4v) is 1.87. The molecule has 0 aliphatic rings. The van der Waals surface area contributed by atoms with Crippen molar-refractivity contribution in [3.8, 4) is 0 Å². The topological polar surface area (TPSA) is 75.7 Å². The van der Waals surface area contributed by atoms with Gasteiger partial charge in [-0.2, -0.15) is 0 Å². The van der Waals surface area contributed by atoms with E-state index in [1.807, 2.05) is 0 Å². The first kappa shape index (κ1) is 17.4. The van der Waals surface area contributed by atoms with Gasteiger partial charge in [-0.15, -0.1) is 6.58 Å². The Bertz CT molecular complexity index is 569. The summed E-state index contributed by atoms with van der Waals surface area (Å²) < 4.78 is 4.66. The van der Waals surface area contributed by atoms with E-state index in [2.05, 4.69) is 16.6 Å². The lowest BCUT2D eigenvalue weighted by Crippen LogP contribution is -2.34. The van der Waals surface area contributed by atoms with Crippen LogP contribution in [-0.4, -0.2) is 38.0 Å². The van der Waals surface area contributed by atoms with Gasteiger partial charge in [-0.1, -0.05) is 12.1 Å². The maximum absolute atomic E-state index is 11.8. The molecule has 6 nitrogen and oxygen atoms in total.